The van der Waals surface area contributed by atoms with Crippen molar-refractivity contribution in [3.63, 3.8) is 0 Å². The molecular weight excluding hydrogens is 214 g/mol. The van der Waals surface area contributed by atoms with Crippen LogP contribution in [-0.4, -0.2) is 19.3 Å². The maximum absolute atomic E-state index is 6.10. The third kappa shape index (κ3) is 1.64. The van der Waals surface area contributed by atoms with Gasteiger partial charge in [-0.25, -0.2) is 4.98 Å². The third-order valence-electron chi connectivity index (χ3n) is 2.40. The van der Waals surface area contributed by atoms with E-state index in [1.807, 2.05) is 18.7 Å². The van der Waals surface area contributed by atoms with E-state index in [1.165, 1.54) is 0 Å². The minimum Gasteiger partial charge on any atom is -0.336 e. The van der Waals surface area contributed by atoms with Crippen molar-refractivity contribution in [3.8, 4) is 0 Å². The van der Waals surface area contributed by atoms with Crippen LogP contribution in [0.4, 0.5) is 0 Å². The summed E-state index contributed by atoms with van der Waals surface area (Å²) in [5, 5.41) is 4.63. The average Bonchev–Trinajstić information content (AvgIpc) is 2.73. The first-order valence-corrected chi connectivity index (χ1v) is 4.88. The molecule has 0 fully saturated rings. The Morgan fingerprint density at radius 1 is 1.40 bits per heavy atom. The van der Waals surface area contributed by atoms with Gasteiger partial charge in [-0.3, -0.25) is 4.68 Å². The first-order valence-electron chi connectivity index (χ1n) is 4.50. The van der Waals surface area contributed by atoms with E-state index in [9.17, 15) is 0 Å². The number of aromatic nitrogens is 4. The zero-order valence-corrected chi connectivity index (χ0v) is 9.31. The minimum absolute atomic E-state index is 0.308. The van der Waals surface area contributed by atoms with Gasteiger partial charge in [0, 0.05) is 14.1 Å². The molecule has 2 heterocycles. The summed E-state index contributed by atoms with van der Waals surface area (Å²) in [4.78, 5) is 4.02. The van der Waals surface area contributed by atoms with E-state index in [0.717, 1.165) is 11.4 Å². The normalized spacial score (nSPS) is 13.1. The molecule has 1 atom stereocenters. The van der Waals surface area contributed by atoms with Gasteiger partial charge in [0.25, 0.3) is 0 Å². The van der Waals surface area contributed by atoms with Gasteiger partial charge < -0.3 is 10.3 Å². The second-order valence-corrected chi connectivity index (χ2v) is 3.82. The van der Waals surface area contributed by atoms with Crippen LogP contribution >= 0.6 is 11.6 Å². The Balaban J connectivity index is 2.45. The van der Waals surface area contributed by atoms with Crippen LogP contribution in [0.25, 0.3) is 0 Å². The van der Waals surface area contributed by atoms with Crippen molar-refractivity contribution < 1.29 is 0 Å². The molecule has 0 aromatic carbocycles. The predicted octanol–water partition coefficient (Wildman–Crippen LogP) is 0.855. The van der Waals surface area contributed by atoms with Crippen LogP contribution in [0.15, 0.2) is 18.7 Å². The van der Waals surface area contributed by atoms with Gasteiger partial charge in [0.15, 0.2) is 0 Å². The van der Waals surface area contributed by atoms with Crippen molar-refractivity contribution in [1.29, 1.82) is 0 Å². The summed E-state index contributed by atoms with van der Waals surface area (Å²) in [5.74, 6) is 0. The standard InChI is InChI=1S/C9H12ClN5/c1-14-5-12-4-7(14)8(11)9-6(10)3-13-15(9)2/h3-5,8H,11H2,1-2H3. The number of imidazole rings is 1. The highest BCUT2D eigenvalue weighted by Crippen LogP contribution is 2.24. The zero-order chi connectivity index (χ0) is 11.0. The molecule has 0 aliphatic rings. The fourth-order valence-electron chi connectivity index (χ4n) is 1.58. The second-order valence-electron chi connectivity index (χ2n) is 3.41. The van der Waals surface area contributed by atoms with E-state index >= 15 is 0 Å². The van der Waals surface area contributed by atoms with E-state index in [4.69, 9.17) is 17.3 Å². The predicted molar refractivity (Wildman–Crippen MR) is 57.5 cm³/mol. The maximum atomic E-state index is 6.10. The fourth-order valence-corrected chi connectivity index (χ4v) is 1.86. The molecule has 2 N–H and O–H groups in total. The SMILES string of the molecule is Cn1cncc1C(N)c1c(Cl)cnn1C. The molecule has 80 valence electrons. The summed E-state index contributed by atoms with van der Waals surface area (Å²) in [6.07, 6.45) is 5.03. The number of nitrogens with zero attached hydrogens (tertiary/aromatic N) is 4. The second kappa shape index (κ2) is 3.67. The molecule has 1 unspecified atom stereocenters. The van der Waals surface area contributed by atoms with Gasteiger partial charge in [-0.15, -0.1) is 0 Å². The Morgan fingerprint density at radius 2 is 2.13 bits per heavy atom. The molecule has 0 saturated carbocycles. The quantitative estimate of drug-likeness (QED) is 0.825. The van der Waals surface area contributed by atoms with E-state index in [1.54, 1.807) is 23.4 Å². The fraction of sp³-hybridized carbons (Fsp3) is 0.333. The number of rotatable bonds is 2. The Morgan fingerprint density at radius 3 is 2.60 bits per heavy atom. The van der Waals surface area contributed by atoms with Gasteiger partial charge in [-0.05, 0) is 0 Å². The molecule has 2 rings (SSSR count). The lowest BCUT2D eigenvalue weighted by atomic mass is 10.1. The van der Waals surface area contributed by atoms with Gasteiger partial charge >= 0.3 is 0 Å². The van der Waals surface area contributed by atoms with Crippen molar-refractivity contribution in [2.24, 2.45) is 19.8 Å². The molecule has 0 aliphatic heterocycles. The van der Waals surface area contributed by atoms with Crippen molar-refractivity contribution in [1.82, 2.24) is 19.3 Å². The van der Waals surface area contributed by atoms with E-state index in [-0.39, 0.29) is 6.04 Å². The summed E-state index contributed by atoms with van der Waals surface area (Å²) in [6, 6.07) is -0.308. The lowest BCUT2D eigenvalue weighted by Crippen LogP contribution is -2.18. The van der Waals surface area contributed by atoms with Crippen LogP contribution in [0.3, 0.4) is 0 Å². The van der Waals surface area contributed by atoms with Gasteiger partial charge in [-0.1, -0.05) is 11.6 Å². The highest BCUT2D eigenvalue weighted by Gasteiger charge is 2.19. The summed E-state index contributed by atoms with van der Waals surface area (Å²) in [5.41, 5.74) is 7.80. The Labute approximate surface area is 92.5 Å². The van der Waals surface area contributed by atoms with E-state index < -0.39 is 0 Å². The van der Waals surface area contributed by atoms with Gasteiger partial charge in [0.1, 0.15) is 0 Å². The number of nitrogens with two attached hydrogens (primary N) is 1. The summed E-state index contributed by atoms with van der Waals surface area (Å²) < 4.78 is 3.55. The summed E-state index contributed by atoms with van der Waals surface area (Å²) in [7, 11) is 3.71. The number of aryl methyl sites for hydroxylation is 2. The Kier molecular flexibility index (Phi) is 2.50. The lowest BCUT2D eigenvalue weighted by Gasteiger charge is -2.13. The number of hydrogen-bond acceptors (Lipinski definition) is 3. The summed E-state index contributed by atoms with van der Waals surface area (Å²) in [6.45, 7) is 0. The molecule has 6 heteroatoms. The van der Waals surface area contributed by atoms with Crippen LogP contribution < -0.4 is 5.73 Å². The monoisotopic (exact) mass is 225 g/mol. The molecular formula is C9H12ClN5. The highest BCUT2D eigenvalue weighted by atomic mass is 35.5. The smallest absolute Gasteiger partial charge is 0.0946 e. The molecule has 0 radical (unpaired) electrons. The van der Waals surface area contributed by atoms with Gasteiger partial charge in [-0.2, -0.15) is 5.10 Å². The number of hydrogen-bond donors (Lipinski definition) is 1. The molecule has 5 nitrogen and oxygen atoms in total. The molecule has 0 spiro atoms. The molecule has 2 aromatic rings. The van der Waals surface area contributed by atoms with Crippen LogP contribution in [0, 0.1) is 0 Å². The summed E-state index contributed by atoms with van der Waals surface area (Å²) >= 11 is 6.02. The van der Waals surface area contributed by atoms with Gasteiger partial charge in [0.05, 0.1) is 41.2 Å². The van der Waals surface area contributed by atoms with Crippen molar-refractivity contribution in [2.75, 3.05) is 0 Å². The van der Waals surface area contributed by atoms with E-state index in [0.29, 0.717) is 5.02 Å². The molecule has 0 bridgehead atoms. The highest BCUT2D eigenvalue weighted by molar-refractivity contribution is 6.31. The topological polar surface area (TPSA) is 61.7 Å². The third-order valence-corrected chi connectivity index (χ3v) is 2.70. The van der Waals surface area contributed by atoms with Crippen LogP contribution in [0.2, 0.25) is 5.02 Å². The van der Waals surface area contributed by atoms with Crippen LogP contribution in [0.5, 0.6) is 0 Å². The van der Waals surface area contributed by atoms with Crippen LogP contribution in [0.1, 0.15) is 17.4 Å². The molecule has 0 saturated heterocycles. The number of halogens is 1. The van der Waals surface area contributed by atoms with E-state index in [2.05, 4.69) is 10.1 Å². The van der Waals surface area contributed by atoms with Crippen molar-refractivity contribution in [2.45, 2.75) is 6.04 Å². The zero-order valence-electron chi connectivity index (χ0n) is 8.55. The molecule has 15 heavy (non-hydrogen) atoms. The average molecular weight is 226 g/mol. The maximum Gasteiger partial charge on any atom is 0.0946 e. The van der Waals surface area contributed by atoms with Crippen molar-refractivity contribution >= 4 is 11.6 Å². The molecule has 0 aliphatic carbocycles. The lowest BCUT2D eigenvalue weighted by molar-refractivity contribution is 0.646. The van der Waals surface area contributed by atoms with Crippen LogP contribution in [-0.2, 0) is 14.1 Å². The Bertz CT molecular complexity index is 453. The molecule has 0 amide bonds. The molecule has 2 aromatic heterocycles. The first-order chi connectivity index (χ1) is 7.11. The first kappa shape index (κ1) is 10.2. The van der Waals surface area contributed by atoms with Crippen molar-refractivity contribution in [3.05, 3.63) is 35.1 Å². The largest absolute Gasteiger partial charge is 0.336 e. The van der Waals surface area contributed by atoms with Gasteiger partial charge in [0.2, 0.25) is 0 Å². The minimum atomic E-state index is -0.308. The Hall–Kier alpha value is -1.33.